The van der Waals surface area contributed by atoms with Crippen LogP contribution in [0.5, 0.6) is 5.75 Å². The molecule has 126 valence electrons. The Morgan fingerprint density at radius 1 is 1.12 bits per heavy atom. The maximum atomic E-state index is 12.3. The highest BCUT2D eigenvalue weighted by atomic mass is 16.5. The van der Waals surface area contributed by atoms with Gasteiger partial charge in [0.25, 0.3) is 0 Å². The fourth-order valence-electron chi connectivity index (χ4n) is 2.34. The third-order valence-electron chi connectivity index (χ3n) is 3.44. The van der Waals surface area contributed by atoms with Gasteiger partial charge < -0.3 is 15.0 Å². The molecule has 2 aromatic carbocycles. The molecule has 5 nitrogen and oxygen atoms in total. The summed E-state index contributed by atoms with van der Waals surface area (Å²) in [6.45, 7) is 5.84. The van der Waals surface area contributed by atoms with Gasteiger partial charge in [0.1, 0.15) is 12.3 Å². The first-order valence-electron chi connectivity index (χ1n) is 7.87. The molecule has 0 unspecified atom stereocenters. The zero-order valence-electron chi connectivity index (χ0n) is 14.2. The van der Waals surface area contributed by atoms with Crippen LogP contribution in [0.15, 0.2) is 48.5 Å². The largest absolute Gasteiger partial charge is 0.494 e. The Hall–Kier alpha value is -2.82. The number of hydrogen-bond acceptors (Lipinski definition) is 3. The molecule has 2 rings (SSSR count). The van der Waals surface area contributed by atoms with Gasteiger partial charge in [0, 0.05) is 18.3 Å². The Labute approximate surface area is 142 Å². The molecule has 0 heterocycles. The number of hydrogen-bond donors (Lipinski definition) is 1. The summed E-state index contributed by atoms with van der Waals surface area (Å²) in [5.41, 5.74) is 2.43. The van der Waals surface area contributed by atoms with Crippen LogP contribution in [0, 0.1) is 6.92 Å². The van der Waals surface area contributed by atoms with Crippen molar-refractivity contribution >= 4 is 23.2 Å². The number of benzene rings is 2. The van der Waals surface area contributed by atoms with Crippen LogP contribution in [0.2, 0.25) is 0 Å². The van der Waals surface area contributed by atoms with E-state index >= 15 is 0 Å². The van der Waals surface area contributed by atoms with Crippen LogP contribution in [-0.4, -0.2) is 25.0 Å². The molecule has 0 radical (unpaired) electrons. The number of amides is 2. The van der Waals surface area contributed by atoms with E-state index in [1.807, 2.05) is 38.1 Å². The summed E-state index contributed by atoms with van der Waals surface area (Å²) in [5.74, 6) is 0.289. The summed E-state index contributed by atoms with van der Waals surface area (Å²) in [6.07, 6.45) is 0. The zero-order valence-corrected chi connectivity index (χ0v) is 14.2. The molecule has 2 aromatic rings. The number of nitrogens with one attached hydrogen (secondary N) is 1. The quantitative estimate of drug-likeness (QED) is 0.885. The number of ether oxygens (including phenoxy) is 1. The average molecular weight is 326 g/mol. The molecule has 0 aliphatic heterocycles. The third-order valence-corrected chi connectivity index (χ3v) is 3.44. The standard InChI is InChI=1S/C19H22N2O3/c1-4-24-18-10-8-17(9-11-18)21(15(3)22)13-19(23)20-16-7-5-6-14(2)12-16/h5-12H,4,13H2,1-3H3,(H,20,23). The first-order chi connectivity index (χ1) is 11.5. The van der Waals surface area contributed by atoms with Crippen LogP contribution >= 0.6 is 0 Å². The lowest BCUT2D eigenvalue weighted by Gasteiger charge is -2.21. The number of nitrogens with zero attached hydrogens (tertiary/aromatic N) is 1. The van der Waals surface area contributed by atoms with E-state index in [2.05, 4.69) is 5.32 Å². The monoisotopic (exact) mass is 326 g/mol. The van der Waals surface area contributed by atoms with E-state index in [1.165, 1.54) is 11.8 Å². The lowest BCUT2D eigenvalue weighted by molar-refractivity contribution is -0.120. The first-order valence-corrected chi connectivity index (χ1v) is 7.87. The Kier molecular flexibility index (Phi) is 5.95. The average Bonchev–Trinajstić information content (AvgIpc) is 2.53. The van der Waals surface area contributed by atoms with Gasteiger partial charge in [-0.25, -0.2) is 0 Å². The summed E-state index contributed by atoms with van der Waals surface area (Å²) in [6, 6.07) is 14.6. The van der Waals surface area contributed by atoms with Crippen molar-refractivity contribution in [3.05, 3.63) is 54.1 Å². The Bertz CT molecular complexity index is 711. The van der Waals surface area contributed by atoms with Crippen molar-refractivity contribution in [2.24, 2.45) is 0 Å². The summed E-state index contributed by atoms with van der Waals surface area (Å²) in [5, 5.41) is 2.81. The lowest BCUT2D eigenvalue weighted by Crippen LogP contribution is -2.36. The molecule has 0 saturated heterocycles. The molecule has 0 saturated carbocycles. The zero-order chi connectivity index (χ0) is 17.5. The fraction of sp³-hybridized carbons (Fsp3) is 0.263. The van der Waals surface area contributed by atoms with Gasteiger partial charge in [0.15, 0.2) is 0 Å². The van der Waals surface area contributed by atoms with Gasteiger partial charge in [-0.1, -0.05) is 12.1 Å². The lowest BCUT2D eigenvalue weighted by atomic mass is 10.2. The second-order valence-electron chi connectivity index (χ2n) is 5.45. The molecular weight excluding hydrogens is 304 g/mol. The predicted molar refractivity (Wildman–Crippen MR) is 95.4 cm³/mol. The van der Waals surface area contributed by atoms with Crippen molar-refractivity contribution in [1.29, 1.82) is 0 Å². The molecule has 0 bridgehead atoms. The van der Waals surface area contributed by atoms with Crippen molar-refractivity contribution in [2.75, 3.05) is 23.4 Å². The smallest absolute Gasteiger partial charge is 0.244 e. The van der Waals surface area contributed by atoms with Crippen LogP contribution in [0.3, 0.4) is 0 Å². The van der Waals surface area contributed by atoms with E-state index in [9.17, 15) is 9.59 Å². The van der Waals surface area contributed by atoms with E-state index < -0.39 is 0 Å². The highest BCUT2D eigenvalue weighted by Gasteiger charge is 2.16. The molecule has 1 N–H and O–H groups in total. The minimum absolute atomic E-state index is 0.0444. The van der Waals surface area contributed by atoms with Crippen molar-refractivity contribution < 1.29 is 14.3 Å². The molecule has 5 heteroatoms. The van der Waals surface area contributed by atoms with Gasteiger partial charge in [0.2, 0.25) is 11.8 Å². The van der Waals surface area contributed by atoms with Crippen molar-refractivity contribution in [2.45, 2.75) is 20.8 Å². The number of rotatable bonds is 6. The molecule has 2 amide bonds. The minimum Gasteiger partial charge on any atom is -0.494 e. The van der Waals surface area contributed by atoms with Gasteiger partial charge >= 0.3 is 0 Å². The fourth-order valence-corrected chi connectivity index (χ4v) is 2.34. The number of anilines is 2. The van der Waals surface area contributed by atoms with Crippen molar-refractivity contribution in [3.63, 3.8) is 0 Å². The molecule has 0 atom stereocenters. The minimum atomic E-state index is -0.246. The third kappa shape index (κ3) is 4.84. The van der Waals surface area contributed by atoms with Gasteiger partial charge in [0.05, 0.1) is 6.61 Å². The van der Waals surface area contributed by atoms with E-state index in [-0.39, 0.29) is 18.4 Å². The van der Waals surface area contributed by atoms with Crippen LogP contribution in [0.1, 0.15) is 19.4 Å². The number of carbonyl (C=O) groups is 2. The molecule has 0 spiro atoms. The van der Waals surface area contributed by atoms with E-state index in [0.717, 1.165) is 17.0 Å². The van der Waals surface area contributed by atoms with Crippen LogP contribution in [0.4, 0.5) is 11.4 Å². The topological polar surface area (TPSA) is 58.6 Å². The summed E-state index contributed by atoms with van der Waals surface area (Å²) in [7, 11) is 0. The Morgan fingerprint density at radius 3 is 2.42 bits per heavy atom. The van der Waals surface area contributed by atoms with Gasteiger partial charge in [-0.15, -0.1) is 0 Å². The molecule has 24 heavy (non-hydrogen) atoms. The van der Waals surface area contributed by atoms with Crippen LogP contribution in [0.25, 0.3) is 0 Å². The van der Waals surface area contributed by atoms with E-state index in [0.29, 0.717) is 12.3 Å². The van der Waals surface area contributed by atoms with E-state index in [1.54, 1.807) is 24.3 Å². The first kappa shape index (κ1) is 17.5. The highest BCUT2D eigenvalue weighted by molar-refractivity contribution is 6.01. The summed E-state index contributed by atoms with van der Waals surface area (Å²) < 4.78 is 5.39. The van der Waals surface area contributed by atoms with Crippen molar-refractivity contribution in [3.8, 4) is 5.75 Å². The summed E-state index contributed by atoms with van der Waals surface area (Å²) >= 11 is 0. The SMILES string of the molecule is CCOc1ccc(N(CC(=O)Nc2cccc(C)c2)C(C)=O)cc1. The van der Waals surface area contributed by atoms with Gasteiger partial charge in [-0.2, -0.15) is 0 Å². The molecule has 0 aromatic heterocycles. The molecule has 0 aliphatic rings. The maximum Gasteiger partial charge on any atom is 0.244 e. The van der Waals surface area contributed by atoms with Gasteiger partial charge in [-0.3, -0.25) is 9.59 Å². The highest BCUT2D eigenvalue weighted by Crippen LogP contribution is 2.20. The second-order valence-corrected chi connectivity index (χ2v) is 5.45. The summed E-state index contributed by atoms with van der Waals surface area (Å²) in [4.78, 5) is 25.6. The number of aryl methyl sites for hydroxylation is 1. The van der Waals surface area contributed by atoms with Crippen molar-refractivity contribution in [1.82, 2.24) is 0 Å². The predicted octanol–water partition coefficient (Wildman–Crippen LogP) is 3.39. The van der Waals surface area contributed by atoms with E-state index in [4.69, 9.17) is 4.74 Å². The molecule has 0 fully saturated rings. The van der Waals surface area contributed by atoms with Gasteiger partial charge in [-0.05, 0) is 55.8 Å². The second kappa shape index (κ2) is 8.15. The number of carbonyl (C=O) groups excluding carboxylic acids is 2. The van der Waals surface area contributed by atoms with Crippen LogP contribution in [-0.2, 0) is 9.59 Å². The normalized spacial score (nSPS) is 10.1. The Balaban J connectivity index is 2.07. The molecule has 0 aliphatic carbocycles. The molecular formula is C19H22N2O3. The maximum absolute atomic E-state index is 12.3. The van der Waals surface area contributed by atoms with Crippen LogP contribution < -0.4 is 15.0 Å². The Morgan fingerprint density at radius 2 is 1.83 bits per heavy atom.